The summed E-state index contributed by atoms with van der Waals surface area (Å²) in [6.07, 6.45) is 7.84. The van der Waals surface area contributed by atoms with Gasteiger partial charge >= 0.3 is 0 Å². The van der Waals surface area contributed by atoms with Crippen LogP contribution in [0.2, 0.25) is 0 Å². The van der Waals surface area contributed by atoms with Crippen LogP contribution in [0.1, 0.15) is 0 Å². The van der Waals surface area contributed by atoms with Crippen molar-refractivity contribution >= 4 is 28.5 Å². The first-order valence-electron chi connectivity index (χ1n) is 6.74. The van der Waals surface area contributed by atoms with Gasteiger partial charge in [0.1, 0.15) is 0 Å². The molecule has 0 fully saturated rings. The number of anilines is 1. The van der Waals surface area contributed by atoms with Gasteiger partial charge < -0.3 is 5.73 Å². The molecule has 2 aromatic rings. The van der Waals surface area contributed by atoms with Crippen LogP contribution < -0.4 is 5.73 Å². The number of para-hydroxylation sites is 1. The Bertz CT molecular complexity index is 718. The monoisotopic (exact) mass is 273 g/mol. The summed E-state index contributed by atoms with van der Waals surface area (Å²) in [5.74, 6) is 0. The minimum absolute atomic E-state index is 0.742. The van der Waals surface area contributed by atoms with Crippen molar-refractivity contribution in [2.45, 2.75) is 0 Å². The normalized spacial score (nSPS) is 13.3. The maximum atomic E-state index is 5.66. The maximum Gasteiger partial charge on any atom is 0.0638 e. The Kier molecular flexibility index (Phi) is 3.74. The molecule has 0 saturated carbocycles. The molecular formula is C18H15N3. The van der Waals surface area contributed by atoms with Gasteiger partial charge in [-0.1, -0.05) is 18.2 Å². The van der Waals surface area contributed by atoms with Crippen molar-refractivity contribution in [3.8, 4) is 0 Å². The first kappa shape index (κ1) is 13.1. The first-order valence-corrected chi connectivity index (χ1v) is 6.74. The van der Waals surface area contributed by atoms with Crippen molar-refractivity contribution in [1.82, 2.24) is 0 Å². The number of nitrogens with two attached hydrogens (primary N) is 1. The van der Waals surface area contributed by atoms with Crippen LogP contribution in [0, 0.1) is 0 Å². The SMILES string of the molecule is Nc1ccc(N=C2C=CC(=Nc3ccccc3)C=C2)cc1. The fourth-order valence-corrected chi connectivity index (χ4v) is 1.95. The summed E-state index contributed by atoms with van der Waals surface area (Å²) >= 11 is 0. The van der Waals surface area contributed by atoms with E-state index < -0.39 is 0 Å². The van der Waals surface area contributed by atoms with Crippen LogP contribution in [-0.2, 0) is 0 Å². The predicted octanol–water partition coefficient (Wildman–Crippen LogP) is 4.24. The number of nitrogens with zero attached hydrogens (tertiary/aromatic N) is 2. The lowest BCUT2D eigenvalue weighted by atomic mass is 10.1. The van der Waals surface area contributed by atoms with E-state index in [9.17, 15) is 0 Å². The summed E-state index contributed by atoms with van der Waals surface area (Å²) in [6, 6.07) is 17.4. The van der Waals surface area contributed by atoms with Crippen molar-refractivity contribution in [2.75, 3.05) is 5.73 Å². The summed E-state index contributed by atoms with van der Waals surface area (Å²) < 4.78 is 0. The zero-order chi connectivity index (χ0) is 14.5. The molecule has 3 nitrogen and oxygen atoms in total. The van der Waals surface area contributed by atoms with Gasteiger partial charge in [-0.25, -0.2) is 9.98 Å². The Morgan fingerprint density at radius 2 is 1.05 bits per heavy atom. The van der Waals surface area contributed by atoms with Crippen molar-refractivity contribution in [3.63, 3.8) is 0 Å². The van der Waals surface area contributed by atoms with E-state index in [1.165, 1.54) is 0 Å². The number of aliphatic imine (C=N–C) groups is 2. The second-order valence-electron chi connectivity index (χ2n) is 4.67. The van der Waals surface area contributed by atoms with E-state index in [1.807, 2.05) is 78.9 Å². The van der Waals surface area contributed by atoms with Crippen molar-refractivity contribution in [1.29, 1.82) is 0 Å². The average Bonchev–Trinajstić information content (AvgIpc) is 2.53. The highest BCUT2D eigenvalue weighted by molar-refractivity contribution is 6.19. The van der Waals surface area contributed by atoms with Crippen molar-refractivity contribution < 1.29 is 0 Å². The summed E-state index contributed by atoms with van der Waals surface area (Å²) in [5.41, 5.74) is 10.0. The quantitative estimate of drug-likeness (QED) is 0.645. The van der Waals surface area contributed by atoms with Gasteiger partial charge in [-0.2, -0.15) is 0 Å². The Morgan fingerprint density at radius 3 is 1.57 bits per heavy atom. The highest BCUT2D eigenvalue weighted by Crippen LogP contribution is 2.16. The molecule has 102 valence electrons. The van der Waals surface area contributed by atoms with Gasteiger partial charge in [-0.3, -0.25) is 0 Å². The van der Waals surface area contributed by atoms with E-state index in [0.29, 0.717) is 0 Å². The predicted molar refractivity (Wildman–Crippen MR) is 89.8 cm³/mol. The molecule has 0 unspecified atom stereocenters. The van der Waals surface area contributed by atoms with E-state index in [-0.39, 0.29) is 0 Å². The van der Waals surface area contributed by atoms with Crippen LogP contribution in [0.3, 0.4) is 0 Å². The van der Waals surface area contributed by atoms with E-state index in [0.717, 1.165) is 28.5 Å². The molecule has 0 atom stereocenters. The van der Waals surface area contributed by atoms with Gasteiger partial charge in [-0.15, -0.1) is 0 Å². The molecule has 2 aromatic carbocycles. The number of allylic oxidation sites excluding steroid dienone is 4. The van der Waals surface area contributed by atoms with Gasteiger partial charge in [0.25, 0.3) is 0 Å². The molecule has 1 aliphatic carbocycles. The van der Waals surface area contributed by atoms with Gasteiger partial charge in [0.15, 0.2) is 0 Å². The standard InChI is InChI=1S/C18H15N3/c19-14-6-8-16(9-7-14)21-18-12-10-17(11-13-18)20-15-4-2-1-3-5-15/h1-13H,19H2. The van der Waals surface area contributed by atoms with Crippen molar-refractivity contribution in [2.24, 2.45) is 9.98 Å². The second kappa shape index (κ2) is 6.01. The van der Waals surface area contributed by atoms with Crippen LogP contribution in [0.5, 0.6) is 0 Å². The molecule has 0 radical (unpaired) electrons. The minimum atomic E-state index is 0.742. The van der Waals surface area contributed by atoms with Gasteiger partial charge in [0, 0.05) is 5.69 Å². The molecule has 3 heteroatoms. The summed E-state index contributed by atoms with van der Waals surface area (Å²) in [4.78, 5) is 9.08. The molecule has 0 aromatic heterocycles. The second-order valence-corrected chi connectivity index (χ2v) is 4.67. The van der Waals surface area contributed by atoms with Crippen LogP contribution >= 0.6 is 0 Å². The Morgan fingerprint density at radius 1 is 0.571 bits per heavy atom. The number of benzene rings is 2. The molecule has 0 spiro atoms. The molecular weight excluding hydrogens is 258 g/mol. The van der Waals surface area contributed by atoms with Crippen LogP contribution in [0.4, 0.5) is 17.1 Å². The van der Waals surface area contributed by atoms with E-state index >= 15 is 0 Å². The lowest BCUT2D eigenvalue weighted by Crippen LogP contribution is -1.99. The Labute approximate surface area is 123 Å². The van der Waals surface area contributed by atoms with E-state index in [2.05, 4.69) is 9.98 Å². The third-order valence-corrected chi connectivity index (χ3v) is 3.02. The summed E-state index contributed by atoms with van der Waals surface area (Å²) in [5, 5.41) is 0. The lowest BCUT2D eigenvalue weighted by Gasteiger charge is -2.03. The first-order chi connectivity index (χ1) is 10.3. The summed E-state index contributed by atoms with van der Waals surface area (Å²) in [6.45, 7) is 0. The number of rotatable bonds is 2. The van der Waals surface area contributed by atoms with E-state index in [4.69, 9.17) is 5.73 Å². The zero-order valence-corrected chi connectivity index (χ0v) is 11.5. The summed E-state index contributed by atoms with van der Waals surface area (Å²) in [7, 11) is 0. The molecule has 0 aliphatic heterocycles. The Hall–Kier alpha value is -2.94. The molecule has 0 heterocycles. The molecule has 3 rings (SSSR count). The van der Waals surface area contributed by atoms with Gasteiger partial charge in [0.2, 0.25) is 0 Å². The highest BCUT2D eigenvalue weighted by atomic mass is 14.8. The Balaban J connectivity index is 1.77. The van der Waals surface area contributed by atoms with Crippen LogP contribution in [-0.4, -0.2) is 11.4 Å². The van der Waals surface area contributed by atoms with Gasteiger partial charge in [-0.05, 0) is 60.7 Å². The topological polar surface area (TPSA) is 50.7 Å². The van der Waals surface area contributed by atoms with Gasteiger partial charge in [0.05, 0.1) is 22.8 Å². The number of hydrogen-bond acceptors (Lipinski definition) is 3. The lowest BCUT2D eigenvalue weighted by molar-refractivity contribution is 1.51. The smallest absolute Gasteiger partial charge is 0.0638 e. The van der Waals surface area contributed by atoms with Crippen LogP contribution in [0.25, 0.3) is 0 Å². The maximum absolute atomic E-state index is 5.66. The molecule has 0 bridgehead atoms. The molecule has 0 saturated heterocycles. The number of nitrogen functional groups attached to an aromatic ring is 1. The fraction of sp³-hybridized carbons (Fsp3) is 0. The highest BCUT2D eigenvalue weighted by Gasteiger charge is 2.00. The molecule has 2 N–H and O–H groups in total. The third-order valence-electron chi connectivity index (χ3n) is 3.02. The zero-order valence-electron chi connectivity index (χ0n) is 11.5. The molecule has 0 amide bonds. The van der Waals surface area contributed by atoms with Crippen LogP contribution in [0.15, 0.2) is 88.9 Å². The number of hydrogen-bond donors (Lipinski definition) is 1. The largest absolute Gasteiger partial charge is 0.399 e. The molecule has 1 aliphatic rings. The van der Waals surface area contributed by atoms with Crippen molar-refractivity contribution in [3.05, 3.63) is 78.9 Å². The third kappa shape index (κ3) is 3.54. The average molecular weight is 273 g/mol. The fourth-order valence-electron chi connectivity index (χ4n) is 1.95. The molecule has 21 heavy (non-hydrogen) atoms. The minimum Gasteiger partial charge on any atom is -0.399 e. The van der Waals surface area contributed by atoms with E-state index in [1.54, 1.807) is 0 Å².